The maximum Gasteiger partial charge on any atom is 0.318 e. The summed E-state index contributed by atoms with van der Waals surface area (Å²) in [6.45, 7) is 3.05. The molecule has 0 saturated heterocycles. The van der Waals surface area contributed by atoms with Crippen molar-refractivity contribution in [1.82, 2.24) is 4.98 Å². The van der Waals surface area contributed by atoms with E-state index in [1.54, 1.807) is 12.1 Å². The summed E-state index contributed by atoms with van der Waals surface area (Å²) in [4.78, 5) is 15.9. The fraction of sp³-hybridized carbons (Fsp3) is 0.167. The zero-order valence-electron chi connectivity index (χ0n) is 13.3. The van der Waals surface area contributed by atoms with E-state index in [1.165, 1.54) is 26.2 Å². The molecule has 0 atom stereocenters. The maximum atomic E-state index is 11.6. The van der Waals surface area contributed by atoms with Gasteiger partial charge in [-0.3, -0.25) is 4.79 Å². The van der Waals surface area contributed by atoms with Gasteiger partial charge in [0.25, 0.3) is 0 Å². The number of aliphatic carboxylic acids is 1. The second-order valence-electron chi connectivity index (χ2n) is 5.95. The molecule has 0 radical (unpaired) electrons. The van der Waals surface area contributed by atoms with Gasteiger partial charge >= 0.3 is 5.97 Å². The van der Waals surface area contributed by atoms with E-state index in [1.807, 2.05) is 30.3 Å². The van der Waals surface area contributed by atoms with E-state index in [0.29, 0.717) is 21.7 Å². The molecule has 122 valence electrons. The van der Waals surface area contributed by atoms with Gasteiger partial charge in [0.2, 0.25) is 5.89 Å². The van der Waals surface area contributed by atoms with Crippen molar-refractivity contribution >= 4 is 5.97 Å². The molecule has 0 unspecified atom stereocenters. The first-order chi connectivity index (χ1) is 11.4. The summed E-state index contributed by atoms with van der Waals surface area (Å²) in [5.74, 6) is -0.581. The topological polar surface area (TPSA) is 90.3 Å². The van der Waals surface area contributed by atoms with Crippen molar-refractivity contribution in [3.8, 4) is 22.6 Å². The number of aromatic nitrogens is 2. The fourth-order valence-corrected chi connectivity index (χ4v) is 2.26. The molecule has 0 fully saturated rings. The lowest BCUT2D eigenvalue weighted by Gasteiger charge is -2.13. The van der Waals surface area contributed by atoms with Crippen molar-refractivity contribution in [3.05, 3.63) is 66.0 Å². The van der Waals surface area contributed by atoms with E-state index >= 15 is 0 Å². The highest BCUT2D eigenvalue weighted by Crippen LogP contribution is 2.35. The highest BCUT2D eigenvalue weighted by molar-refractivity contribution is 5.81. The Hall–Kier alpha value is -3.15. The molecule has 3 rings (SSSR count). The van der Waals surface area contributed by atoms with E-state index in [4.69, 9.17) is 4.42 Å². The molecule has 2 aromatic heterocycles. The third-order valence-corrected chi connectivity index (χ3v) is 3.78. The molecule has 1 N–H and O–H groups in total. The number of carbonyl (C=O) groups is 1. The van der Waals surface area contributed by atoms with Gasteiger partial charge in [0, 0.05) is 11.6 Å². The third-order valence-electron chi connectivity index (χ3n) is 3.78. The van der Waals surface area contributed by atoms with E-state index in [2.05, 4.69) is 4.98 Å². The molecule has 6 nitrogen and oxygen atoms in total. The molecule has 6 heteroatoms. The number of benzene rings is 1. The standard InChI is InChI=1S/C18H16N2O4/c1-18(2,17(21)22)16-19-14(12-7-4-3-5-8-12)15(24-16)13-9-6-10-20(23)11-13/h3-11H,1-2H3,(H,21,22). The predicted octanol–water partition coefficient (Wildman–Crippen LogP) is 3.00. The van der Waals surface area contributed by atoms with Crippen LogP contribution in [-0.4, -0.2) is 16.1 Å². The van der Waals surface area contributed by atoms with Crippen molar-refractivity contribution in [2.24, 2.45) is 0 Å². The molecule has 1 aromatic carbocycles. The molecule has 0 aliphatic carbocycles. The molecule has 0 aliphatic heterocycles. The van der Waals surface area contributed by atoms with Crippen LogP contribution in [0.5, 0.6) is 0 Å². The van der Waals surface area contributed by atoms with Crippen LogP contribution in [-0.2, 0) is 10.2 Å². The summed E-state index contributed by atoms with van der Waals surface area (Å²) in [7, 11) is 0. The maximum absolute atomic E-state index is 11.6. The molecule has 3 aromatic rings. The Bertz CT molecular complexity index is 885. The van der Waals surface area contributed by atoms with Gasteiger partial charge in [-0.15, -0.1) is 0 Å². The minimum Gasteiger partial charge on any atom is -0.619 e. The number of nitrogens with zero attached hydrogens (tertiary/aromatic N) is 2. The SMILES string of the molecule is CC(C)(C(=O)O)c1nc(-c2ccccc2)c(-c2ccc[n+]([O-])c2)o1. The van der Waals surface area contributed by atoms with Crippen molar-refractivity contribution in [3.63, 3.8) is 0 Å². The quantitative estimate of drug-likeness (QED) is 0.588. The molecule has 2 heterocycles. The number of hydrogen-bond donors (Lipinski definition) is 1. The van der Waals surface area contributed by atoms with Crippen molar-refractivity contribution in [1.29, 1.82) is 0 Å². The molecular formula is C18H16N2O4. The van der Waals surface area contributed by atoms with Gasteiger partial charge < -0.3 is 14.7 Å². The van der Waals surface area contributed by atoms with Crippen LogP contribution in [0.25, 0.3) is 22.6 Å². The number of hydrogen-bond acceptors (Lipinski definition) is 4. The Morgan fingerprint density at radius 2 is 1.83 bits per heavy atom. The lowest BCUT2D eigenvalue weighted by Crippen LogP contribution is -2.28. The Kier molecular flexibility index (Phi) is 3.81. The highest BCUT2D eigenvalue weighted by atomic mass is 16.5. The lowest BCUT2D eigenvalue weighted by molar-refractivity contribution is -0.604. The number of rotatable bonds is 4. The lowest BCUT2D eigenvalue weighted by atomic mass is 9.94. The molecule has 0 spiro atoms. The smallest absolute Gasteiger partial charge is 0.318 e. The van der Waals surface area contributed by atoms with Crippen molar-refractivity contribution < 1.29 is 19.0 Å². The van der Waals surface area contributed by atoms with Crippen molar-refractivity contribution in [2.75, 3.05) is 0 Å². The van der Waals surface area contributed by atoms with Crippen LogP contribution in [0, 0.1) is 5.21 Å². The minimum absolute atomic E-state index is 0.0881. The van der Waals surface area contributed by atoms with Gasteiger partial charge in [0.1, 0.15) is 11.1 Å². The predicted molar refractivity (Wildman–Crippen MR) is 87.0 cm³/mol. The van der Waals surface area contributed by atoms with Crippen LogP contribution in [0.2, 0.25) is 0 Å². The number of carboxylic acids is 1. The first-order valence-electron chi connectivity index (χ1n) is 7.39. The fourth-order valence-electron chi connectivity index (χ4n) is 2.26. The average Bonchev–Trinajstić information content (AvgIpc) is 3.01. The number of oxazole rings is 1. The van der Waals surface area contributed by atoms with Gasteiger partial charge in [0.15, 0.2) is 18.2 Å². The Balaban J connectivity index is 2.23. The second kappa shape index (κ2) is 5.81. The summed E-state index contributed by atoms with van der Waals surface area (Å²) >= 11 is 0. The van der Waals surface area contributed by atoms with Gasteiger partial charge in [-0.1, -0.05) is 30.3 Å². The Labute approximate surface area is 138 Å². The molecule has 0 bridgehead atoms. The van der Waals surface area contributed by atoms with Gasteiger partial charge in [-0.25, -0.2) is 4.98 Å². The second-order valence-corrected chi connectivity index (χ2v) is 5.95. The molecule has 0 aliphatic rings. The normalized spacial score (nSPS) is 11.4. The van der Waals surface area contributed by atoms with Crippen LogP contribution < -0.4 is 4.73 Å². The van der Waals surface area contributed by atoms with E-state index < -0.39 is 11.4 Å². The summed E-state index contributed by atoms with van der Waals surface area (Å²) in [5, 5.41) is 21.0. The van der Waals surface area contributed by atoms with Crippen molar-refractivity contribution in [2.45, 2.75) is 19.3 Å². The first-order valence-corrected chi connectivity index (χ1v) is 7.39. The van der Waals surface area contributed by atoms with E-state index in [-0.39, 0.29) is 5.89 Å². The summed E-state index contributed by atoms with van der Waals surface area (Å²) < 4.78 is 6.45. The number of carboxylic acid groups (broad SMARTS) is 1. The zero-order valence-corrected chi connectivity index (χ0v) is 13.3. The minimum atomic E-state index is -1.29. The van der Waals surface area contributed by atoms with Crippen LogP contribution in [0.4, 0.5) is 0 Å². The molecule has 0 saturated carbocycles. The van der Waals surface area contributed by atoms with E-state index in [0.717, 1.165) is 5.56 Å². The highest BCUT2D eigenvalue weighted by Gasteiger charge is 2.36. The zero-order chi connectivity index (χ0) is 17.3. The molecular weight excluding hydrogens is 308 g/mol. The molecule has 24 heavy (non-hydrogen) atoms. The van der Waals surface area contributed by atoms with Crippen LogP contribution in [0.1, 0.15) is 19.7 Å². The third kappa shape index (κ3) is 2.74. The first kappa shape index (κ1) is 15.7. The van der Waals surface area contributed by atoms with Gasteiger partial charge in [-0.05, 0) is 19.9 Å². The Morgan fingerprint density at radius 1 is 1.17 bits per heavy atom. The van der Waals surface area contributed by atoms with Crippen LogP contribution in [0.15, 0.2) is 59.3 Å². The summed E-state index contributed by atoms with van der Waals surface area (Å²) in [6, 6.07) is 12.6. The van der Waals surface area contributed by atoms with Crippen LogP contribution >= 0.6 is 0 Å². The Morgan fingerprint density at radius 3 is 2.46 bits per heavy atom. The van der Waals surface area contributed by atoms with Crippen LogP contribution in [0.3, 0.4) is 0 Å². The molecule has 0 amide bonds. The van der Waals surface area contributed by atoms with Gasteiger partial charge in [0.05, 0.1) is 5.56 Å². The average molecular weight is 324 g/mol. The van der Waals surface area contributed by atoms with E-state index in [9.17, 15) is 15.1 Å². The monoisotopic (exact) mass is 324 g/mol. The largest absolute Gasteiger partial charge is 0.619 e. The van der Waals surface area contributed by atoms with Gasteiger partial charge in [-0.2, -0.15) is 4.73 Å². The number of pyridine rings is 1. The summed E-state index contributed by atoms with van der Waals surface area (Å²) in [6.07, 6.45) is 2.73. The summed E-state index contributed by atoms with van der Waals surface area (Å²) in [5.41, 5.74) is 0.534.